The number of hydrogen-bond donors (Lipinski definition) is 2. The quantitative estimate of drug-likeness (QED) is 0.887. The largest absolute Gasteiger partial charge is 0.354 e. The fourth-order valence-electron chi connectivity index (χ4n) is 4.79. The molecule has 4 rings (SSSR count). The molecule has 2 heterocycles. The predicted molar refractivity (Wildman–Crippen MR) is 97.0 cm³/mol. The Hall–Kier alpha value is -1.62. The second kappa shape index (κ2) is 5.70. The van der Waals surface area contributed by atoms with Crippen LogP contribution in [0.25, 0.3) is 0 Å². The van der Waals surface area contributed by atoms with Gasteiger partial charge in [-0.2, -0.15) is 0 Å². The number of fused-ring (bicyclic) bond motifs is 1. The highest BCUT2D eigenvalue weighted by Crippen LogP contribution is 2.37. The summed E-state index contributed by atoms with van der Waals surface area (Å²) < 4.78 is 0. The van der Waals surface area contributed by atoms with Gasteiger partial charge in [-0.25, -0.2) is 0 Å². The van der Waals surface area contributed by atoms with Crippen LogP contribution in [-0.2, 0) is 6.42 Å². The molecule has 0 spiro atoms. The van der Waals surface area contributed by atoms with Gasteiger partial charge < -0.3 is 10.3 Å². The summed E-state index contributed by atoms with van der Waals surface area (Å²) in [7, 11) is 0. The third-order valence-corrected chi connectivity index (χ3v) is 6.10. The molecule has 1 aromatic heterocycles. The number of aromatic amines is 1. The smallest absolute Gasteiger partial charge is 0.268 e. The molecule has 5 nitrogen and oxygen atoms in total. The average molecular weight is 343 g/mol. The van der Waals surface area contributed by atoms with Crippen molar-refractivity contribution in [2.45, 2.75) is 77.9 Å². The van der Waals surface area contributed by atoms with Crippen molar-refractivity contribution in [2.24, 2.45) is 5.41 Å². The Morgan fingerprint density at radius 3 is 2.68 bits per heavy atom. The zero-order chi connectivity index (χ0) is 17.9. The van der Waals surface area contributed by atoms with E-state index in [9.17, 15) is 9.59 Å². The van der Waals surface area contributed by atoms with E-state index < -0.39 is 0 Å². The number of likely N-dealkylation sites (tertiary alicyclic amines) is 1. The van der Waals surface area contributed by atoms with Gasteiger partial charge in [-0.05, 0) is 50.5 Å². The molecule has 1 aromatic rings. The van der Waals surface area contributed by atoms with Crippen molar-refractivity contribution in [1.29, 1.82) is 0 Å². The lowest BCUT2D eigenvalue weighted by molar-refractivity contribution is 0.0908. The third-order valence-electron chi connectivity index (χ3n) is 6.10. The SMILES string of the molecule is Cc1c(C(=O)N[C@@H]2C[C@@H](C)N(C3CC3)C2)[nH]c2c1C(=O)CC(C)(C)C2. The van der Waals surface area contributed by atoms with E-state index in [-0.39, 0.29) is 23.1 Å². The summed E-state index contributed by atoms with van der Waals surface area (Å²) in [6.45, 7) is 9.31. The minimum atomic E-state index is -0.0626. The Balaban J connectivity index is 1.51. The highest BCUT2D eigenvalue weighted by Gasteiger charge is 2.40. The minimum absolute atomic E-state index is 0.0409. The van der Waals surface area contributed by atoms with Crippen LogP contribution in [0, 0.1) is 12.3 Å². The first-order valence-corrected chi connectivity index (χ1v) is 9.56. The molecule has 3 aliphatic rings. The van der Waals surface area contributed by atoms with E-state index >= 15 is 0 Å². The van der Waals surface area contributed by atoms with Gasteiger partial charge in [0.25, 0.3) is 5.91 Å². The van der Waals surface area contributed by atoms with Crippen molar-refractivity contribution >= 4 is 11.7 Å². The predicted octanol–water partition coefficient (Wildman–Crippen LogP) is 2.83. The number of aromatic nitrogens is 1. The van der Waals surface area contributed by atoms with E-state index in [0.717, 1.165) is 42.2 Å². The molecule has 25 heavy (non-hydrogen) atoms. The lowest BCUT2D eigenvalue weighted by Gasteiger charge is -2.28. The van der Waals surface area contributed by atoms with Crippen LogP contribution in [0.1, 0.15) is 78.6 Å². The molecule has 2 aliphatic carbocycles. The van der Waals surface area contributed by atoms with Gasteiger partial charge in [0.05, 0.1) is 0 Å². The molecule has 1 amide bonds. The number of hydrogen-bond acceptors (Lipinski definition) is 3. The Bertz CT molecular complexity index is 730. The minimum Gasteiger partial charge on any atom is -0.354 e. The summed E-state index contributed by atoms with van der Waals surface area (Å²) in [4.78, 5) is 31.1. The van der Waals surface area contributed by atoms with Crippen LogP contribution < -0.4 is 5.32 Å². The fourth-order valence-corrected chi connectivity index (χ4v) is 4.79. The normalized spacial score (nSPS) is 28.9. The number of nitrogens with zero attached hydrogens (tertiary/aromatic N) is 1. The van der Waals surface area contributed by atoms with Crippen LogP contribution >= 0.6 is 0 Å². The number of amides is 1. The lowest BCUT2D eigenvalue weighted by Crippen LogP contribution is -2.38. The first-order valence-electron chi connectivity index (χ1n) is 9.56. The summed E-state index contributed by atoms with van der Waals surface area (Å²) in [5.41, 5.74) is 3.04. The zero-order valence-corrected chi connectivity index (χ0v) is 15.7. The van der Waals surface area contributed by atoms with Crippen LogP contribution in [0.3, 0.4) is 0 Å². The molecule has 1 saturated heterocycles. The highest BCUT2D eigenvalue weighted by atomic mass is 16.2. The first-order chi connectivity index (χ1) is 11.7. The van der Waals surface area contributed by atoms with Crippen LogP contribution in [0.4, 0.5) is 0 Å². The second-order valence-corrected chi connectivity index (χ2v) is 9.10. The standard InChI is InChI=1S/C20H29N3O2/c1-11-7-13(10-23(11)14-5-6-14)21-19(25)18-12(2)17-15(22-18)8-20(3,4)9-16(17)24/h11,13-14,22H,5-10H2,1-4H3,(H,21,25)/t11-,13-/m1/s1. The van der Waals surface area contributed by atoms with Gasteiger partial charge in [-0.3, -0.25) is 14.5 Å². The number of Topliss-reactive ketones (excluding diaryl/α,β-unsaturated/α-hetero) is 1. The molecule has 0 radical (unpaired) electrons. The van der Waals surface area contributed by atoms with E-state index in [1.165, 1.54) is 12.8 Å². The Labute approximate surface area is 149 Å². The molecule has 0 unspecified atom stereocenters. The van der Waals surface area contributed by atoms with E-state index in [0.29, 0.717) is 18.2 Å². The topological polar surface area (TPSA) is 65.2 Å². The number of nitrogens with one attached hydrogen (secondary N) is 2. The molecule has 5 heteroatoms. The van der Waals surface area contributed by atoms with Gasteiger partial charge >= 0.3 is 0 Å². The summed E-state index contributed by atoms with van der Waals surface area (Å²) in [6, 6.07) is 1.48. The van der Waals surface area contributed by atoms with Crippen LogP contribution in [0.2, 0.25) is 0 Å². The number of carbonyl (C=O) groups excluding carboxylic acids is 2. The van der Waals surface area contributed by atoms with Crippen molar-refractivity contribution in [3.8, 4) is 0 Å². The van der Waals surface area contributed by atoms with Crippen molar-refractivity contribution in [1.82, 2.24) is 15.2 Å². The molecule has 136 valence electrons. The average Bonchev–Trinajstić information content (AvgIpc) is 3.19. The van der Waals surface area contributed by atoms with Gasteiger partial charge in [0, 0.05) is 42.3 Å². The third kappa shape index (κ3) is 3.03. The molecule has 0 bridgehead atoms. The van der Waals surface area contributed by atoms with E-state index in [4.69, 9.17) is 0 Å². The lowest BCUT2D eigenvalue weighted by atomic mass is 9.75. The molecule has 1 saturated carbocycles. The monoisotopic (exact) mass is 343 g/mol. The number of rotatable bonds is 3. The van der Waals surface area contributed by atoms with Crippen LogP contribution in [0.5, 0.6) is 0 Å². The Morgan fingerprint density at radius 2 is 2.00 bits per heavy atom. The number of ketones is 1. The molecule has 0 aromatic carbocycles. The number of H-pyrrole nitrogens is 1. The summed E-state index contributed by atoms with van der Waals surface area (Å²) in [5.74, 6) is 0.0980. The van der Waals surface area contributed by atoms with E-state index in [1.807, 2.05) is 6.92 Å². The Kier molecular flexibility index (Phi) is 3.83. The van der Waals surface area contributed by atoms with Gasteiger partial charge in [-0.1, -0.05) is 13.8 Å². The maximum Gasteiger partial charge on any atom is 0.268 e. The van der Waals surface area contributed by atoms with Gasteiger partial charge in [0.2, 0.25) is 0 Å². The Morgan fingerprint density at radius 1 is 1.28 bits per heavy atom. The van der Waals surface area contributed by atoms with Crippen LogP contribution in [0.15, 0.2) is 0 Å². The first kappa shape index (κ1) is 16.8. The van der Waals surface area contributed by atoms with Crippen LogP contribution in [-0.4, -0.2) is 46.2 Å². The van der Waals surface area contributed by atoms with Crippen molar-refractivity contribution in [2.75, 3.05) is 6.54 Å². The molecule has 2 atom stereocenters. The maximum atomic E-state index is 12.8. The van der Waals surface area contributed by atoms with Crippen molar-refractivity contribution < 1.29 is 9.59 Å². The van der Waals surface area contributed by atoms with Gasteiger partial charge in [0.1, 0.15) is 5.69 Å². The molecule has 2 fully saturated rings. The van der Waals surface area contributed by atoms with Crippen molar-refractivity contribution in [3.63, 3.8) is 0 Å². The maximum absolute atomic E-state index is 12.8. The summed E-state index contributed by atoms with van der Waals surface area (Å²) in [5, 5.41) is 3.20. The fraction of sp³-hybridized carbons (Fsp3) is 0.700. The van der Waals surface area contributed by atoms with E-state index in [1.54, 1.807) is 0 Å². The van der Waals surface area contributed by atoms with Gasteiger partial charge in [0.15, 0.2) is 5.78 Å². The van der Waals surface area contributed by atoms with E-state index in [2.05, 4.69) is 36.0 Å². The molecular formula is C20H29N3O2. The van der Waals surface area contributed by atoms with Crippen molar-refractivity contribution in [3.05, 3.63) is 22.5 Å². The highest BCUT2D eigenvalue weighted by molar-refractivity contribution is 6.04. The second-order valence-electron chi connectivity index (χ2n) is 9.10. The molecule has 1 aliphatic heterocycles. The molecular weight excluding hydrogens is 314 g/mol. The summed E-state index contributed by atoms with van der Waals surface area (Å²) >= 11 is 0. The number of carbonyl (C=O) groups is 2. The summed E-state index contributed by atoms with van der Waals surface area (Å²) in [6.07, 6.45) is 4.97. The van der Waals surface area contributed by atoms with Gasteiger partial charge in [-0.15, -0.1) is 0 Å². The zero-order valence-electron chi connectivity index (χ0n) is 15.7. The molecule has 2 N–H and O–H groups in total.